The molecule has 1 aliphatic rings. The Morgan fingerprint density at radius 1 is 1.29 bits per heavy atom. The van der Waals surface area contributed by atoms with Crippen LogP contribution in [0.15, 0.2) is 16.7 Å². The first-order chi connectivity index (χ1) is 13.1. The minimum atomic E-state index is -4.42. The molecule has 1 fully saturated rings. The Bertz CT molecular complexity index is 984. The summed E-state index contributed by atoms with van der Waals surface area (Å²) >= 11 is 0. The van der Waals surface area contributed by atoms with E-state index in [0.29, 0.717) is 11.3 Å². The standard InChI is InChI=1S/C19H22NO7P/c1-4-26-19(22)16-15(18(27-20-16)12-6-7-12)17(21)13-8-5-10(2)11(3)14(13)9-28(23,24)25/h5,8,12H,4,6-7,9H2,1-3H3,(H2,23,24,25). The normalized spacial score (nSPS) is 14.2. The molecule has 1 aliphatic carbocycles. The third kappa shape index (κ3) is 4.09. The van der Waals surface area contributed by atoms with E-state index < -0.39 is 25.5 Å². The fraction of sp³-hybridized carbons (Fsp3) is 0.421. The Morgan fingerprint density at radius 3 is 2.54 bits per heavy atom. The van der Waals surface area contributed by atoms with Gasteiger partial charge in [-0.1, -0.05) is 17.3 Å². The smallest absolute Gasteiger partial charge is 0.361 e. The number of aryl methyl sites for hydroxylation is 1. The first kappa shape index (κ1) is 20.5. The molecule has 0 atom stereocenters. The van der Waals surface area contributed by atoms with Crippen LogP contribution in [0, 0.1) is 13.8 Å². The number of rotatable bonds is 7. The molecule has 8 nitrogen and oxygen atoms in total. The van der Waals surface area contributed by atoms with E-state index >= 15 is 0 Å². The van der Waals surface area contributed by atoms with Crippen LogP contribution >= 0.6 is 7.60 Å². The van der Waals surface area contributed by atoms with Gasteiger partial charge in [-0.05, 0) is 50.3 Å². The summed E-state index contributed by atoms with van der Waals surface area (Å²) in [4.78, 5) is 44.6. The van der Waals surface area contributed by atoms with E-state index in [1.807, 2.05) is 0 Å². The molecule has 0 unspecified atom stereocenters. The van der Waals surface area contributed by atoms with Gasteiger partial charge in [0.15, 0.2) is 11.5 Å². The fourth-order valence-corrected chi connectivity index (χ4v) is 3.94. The largest absolute Gasteiger partial charge is 0.461 e. The van der Waals surface area contributed by atoms with Gasteiger partial charge in [-0.2, -0.15) is 0 Å². The summed E-state index contributed by atoms with van der Waals surface area (Å²) in [5.41, 5.74) is 1.64. The number of carbonyl (C=O) groups is 2. The van der Waals surface area contributed by atoms with E-state index in [-0.39, 0.29) is 34.9 Å². The highest BCUT2D eigenvalue weighted by Crippen LogP contribution is 2.45. The molecule has 0 radical (unpaired) electrons. The van der Waals surface area contributed by atoms with Gasteiger partial charge in [0, 0.05) is 11.5 Å². The number of nitrogens with zero attached hydrogens (tertiary/aromatic N) is 1. The highest BCUT2D eigenvalue weighted by molar-refractivity contribution is 7.50. The Kier molecular flexibility index (Phi) is 5.57. The lowest BCUT2D eigenvalue weighted by atomic mass is 9.92. The molecule has 1 saturated carbocycles. The number of carbonyl (C=O) groups excluding carboxylic acids is 2. The first-order valence-corrected chi connectivity index (χ1v) is 10.8. The van der Waals surface area contributed by atoms with Crippen molar-refractivity contribution in [2.75, 3.05) is 6.61 Å². The van der Waals surface area contributed by atoms with Crippen molar-refractivity contribution in [3.63, 3.8) is 0 Å². The molecule has 2 aromatic rings. The molecule has 2 N–H and O–H groups in total. The predicted octanol–water partition coefficient (Wildman–Crippen LogP) is 3.25. The second-order valence-electron chi connectivity index (χ2n) is 6.95. The van der Waals surface area contributed by atoms with Gasteiger partial charge in [-0.25, -0.2) is 4.79 Å². The maximum Gasteiger partial charge on any atom is 0.361 e. The van der Waals surface area contributed by atoms with Crippen molar-refractivity contribution in [2.45, 2.75) is 45.7 Å². The predicted molar refractivity (Wildman–Crippen MR) is 99.5 cm³/mol. The first-order valence-electron chi connectivity index (χ1n) is 8.99. The zero-order chi connectivity index (χ0) is 20.6. The SMILES string of the molecule is CCOC(=O)c1noc(C2CC2)c1C(=O)c1ccc(C)c(C)c1CP(=O)(O)O. The highest BCUT2D eigenvalue weighted by atomic mass is 31.2. The summed E-state index contributed by atoms with van der Waals surface area (Å²) in [6.07, 6.45) is 1.07. The van der Waals surface area contributed by atoms with Crippen LogP contribution < -0.4 is 0 Å². The number of hydrogen-bond acceptors (Lipinski definition) is 6. The lowest BCUT2D eigenvalue weighted by Gasteiger charge is -2.15. The molecule has 150 valence electrons. The molecule has 0 bridgehead atoms. The maximum atomic E-state index is 13.4. The van der Waals surface area contributed by atoms with Crippen LogP contribution in [0.4, 0.5) is 0 Å². The van der Waals surface area contributed by atoms with Gasteiger partial charge in [0.05, 0.1) is 12.8 Å². The monoisotopic (exact) mass is 407 g/mol. The quantitative estimate of drug-likeness (QED) is 0.407. The van der Waals surface area contributed by atoms with Crippen LogP contribution in [0.5, 0.6) is 0 Å². The van der Waals surface area contributed by atoms with Crippen molar-refractivity contribution in [2.24, 2.45) is 0 Å². The second-order valence-corrected chi connectivity index (χ2v) is 8.60. The van der Waals surface area contributed by atoms with Gasteiger partial charge < -0.3 is 19.0 Å². The van der Waals surface area contributed by atoms with Crippen molar-refractivity contribution in [3.8, 4) is 0 Å². The molecule has 1 aromatic heterocycles. The third-order valence-corrected chi connectivity index (χ3v) is 5.57. The number of ketones is 1. The van der Waals surface area contributed by atoms with E-state index in [2.05, 4.69) is 5.16 Å². The van der Waals surface area contributed by atoms with Crippen LogP contribution in [-0.2, 0) is 15.5 Å². The van der Waals surface area contributed by atoms with E-state index in [1.165, 1.54) is 6.07 Å². The molecule has 3 rings (SSSR count). The zero-order valence-electron chi connectivity index (χ0n) is 15.9. The molecule has 0 aliphatic heterocycles. The van der Waals surface area contributed by atoms with Crippen LogP contribution in [0.2, 0.25) is 0 Å². The second kappa shape index (κ2) is 7.62. The van der Waals surface area contributed by atoms with Crippen molar-refractivity contribution in [3.05, 3.63) is 51.4 Å². The summed E-state index contributed by atoms with van der Waals surface area (Å²) in [6, 6.07) is 3.23. The van der Waals surface area contributed by atoms with Crippen molar-refractivity contribution in [1.29, 1.82) is 0 Å². The van der Waals surface area contributed by atoms with Gasteiger partial charge >= 0.3 is 13.6 Å². The molecular weight excluding hydrogens is 385 g/mol. The average Bonchev–Trinajstić information content (AvgIpc) is 3.36. The number of aromatic nitrogens is 1. The number of hydrogen-bond donors (Lipinski definition) is 2. The van der Waals surface area contributed by atoms with Gasteiger partial charge in [0.25, 0.3) is 0 Å². The number of ether oxygens (including phenoxy) is 1. The topological polar surface area (TPSA) is 127 Å². The van der Waals surface area contributed by atoms with Crippen LogP contribution in [-0.4, -0.2) is 33.3 Å². The summed E-state index contributed by atoms with van der Waals surface area (Å²) in [7, 11) is -4.42. The van der Waals surface area contributed by atoms with E-state index in [9.17, 15) is 23.9 Å². The molecule has 28 heavy (non-hydrogen) atoms. The maximum absolute atomic E-state index is 13.4. The summed E-state index contributed by atoms with van der Waals surface area (Å²) in [6.45, 7) is 5.26. The van der Waals surface area contributed by atoms with Crippen molar-refractivity contribution < 1.29 is 33.2 Å². The van der Waals surface area contributed by atoms with E-state index in [4.69, 9.17) is 9.26 Å². The van der Waals surface area contributed by atoms with Crippen molar-refractivity contribution >= 4 is 19.3 Å². The van der Waals surface area contributed by atoms with Gasteiger partial charge in [-0.15, -0.1) is 0 Å². The molecule has 0 saturated heterocycles. The minimum Gasteiger partial charge on any atom is -0.461 e. The summed E-state index contributed by atoms with van der Waals surface area (Å²) < 4.78 is 21.9. The molecule has 1 aromatic carbocycles. The average molecular weight is 407 g/mol. The molecule has 9 heteroatoms. The number of benzene rings is 1. The summed E-state index contributed by atoms with van der Waals surface area (Å²) in [5, 5.41) is 3.76. The zero-order valence-corrected chi connectivity index (χ0v) is 16.8. The van der Waals surface area contributed by atoms with Gasteiger partial charge in [0.1, 0.15) is 5.56 Å². The van der Waals surface area contributed by atoms with Crippen LogP contribution in [0.1, 0.15) is 74.5 Å². The Balaban J connectivity index is 2.15. The van der Waals surface area contributed by atoms with E-state index in [1.54, 1.807) is 26.8 Å². The summed E-state index contributed by atoms with van der Waals surface area (Å²) in [5.74, 6) is -0.973. The van der Waals surface area contributed by atoms with E-state index in [0.717, 1.165) is 18.4 Å². The molecule has 0 amide bonds. The fourth-order valence-electron chi connectivity index (χ4n) is 3.12. The van der Waals surface area contributed by atoms with Gasteiger partial charge in [0.2, 0.25) is 5.69 Å². The minimum absolute atomic E-state index is 0.00593. The highest BCUT2D eigenvalue weighted by Gasteiger charge is 2.38. The van der Waals surface area contributed by atoms with Crippen LogP contribution in [0.25, 0.3) is 0 Å². The third-order valence-electron chi connectivity index (χ3n) is 4.84. The molecular formula is C19H22NO7P. The van der Waals surface area contributed by atoms with Crippen LogP contribution in [0.3, 0.4) is 0 Å². The lowest BCUT2D eigenvalue weighted by molar-refractivity contribution is 0.0512. The Hall–Kier alpha value is -2.28. The van der Waals surface area contributed by atoms with Crippen molar-refractivity contribution in [1.82, 2.24) is 5.16 Å². The van der Waals surface area contributed by atoms with Gasteiger partial charge in [-0.3, -0.25) is 9.36 Å². The number of esters is 1. The lowest BCUT2D eigenvalue weighted by Crippen LogP contribution is -2.15. The Morgan fingerprint density at radius 2 is 1.96 bits per heavy atom. The molecule has 0 spiro atoms. The Labute approximate surface area is 162 Å². The molecule has 1 heterocycles.